The SMILES string of the molecule is N#Cc1cccc(CN2CCC3(CCCN(Cc4ccccn4)C3)C2)c1. The molecule has 2 saturated heterocycles. The number of likely N-dealkylation sites (tertiary alicyclic amines) is 2. The van der Waals surface area contributed by atoms with E-state index < -0.39 is 0 Å². The quantitative estimate of drug-likeness (QED) is 0.850. The molecule has 4 heteroatoms. The molecule has 0 aliphatic carbocycles. The first kappa shape index (κ1) is 17.2. The first-order valence-corrected chi connectivity index (χ1v) is 9.58. The monoisotopic (exact) mass is 346 g/mol. The number of hydrogen-bond donors (Lipinski definition) is 0. The van der Waals surface area contributed by atoms with E-state index >= 15 is 0 Å². The first-order chi connectivity index (χ1) is 12.7. The number of piperidine rings is 1. The van der Waals surface area contributed by atoms with Gasteiger partial charge < -0.3 is 0 Å². The topological polar surface area (TPSA) is 43.2 Å². The smallest absolute Gasteiger partial charge is 0.0991 e. The summed E-state index contributed by atoms with van der Waals surface area (Å²) in [7, 11) is 0. The van der Waals surface area contributed by atoms with Gasteiger partial charge in [0.05, 0.1) is 17.3 Å². The van der Waals surface area contributed by atoms with Crippen molar-refractivity contribution in [3.05, 3.63) is 65.5 Å². The standard InChI is InChI=1S/C22H26N4/c23-14-19-5-3-6-20(13-19)15-26-12-9-22(18-26)8-4-11-25(17-22)16-21-7-1-2-10-24-21/h1-3,5-7,10,13H,4,8-9,11-12,15-18H2. The van der Waals surface area contributed by atoms with Crippen molar-refractivity contribution in [3.8, 4) is 6.07 Å². The fraction of sp³-hybridized carbons (Fsp3) is 0.455. The summed E-state index contributed by atoms with van der Waals surface area (Å²) in [6, 6.07) is 16.5. The summed E-state index contributed by atoms with van der Waals surface area (Å²) in [4.78, 5) is 9.66. The Labute approximate surface area is 156 Å². The molecule has 0 saturated carbocycles. The van der Waals surface area contributed by atoms with Crippen molar-refractivity contribution in [2.45, 2.75) is 32.4 Å². The molecule has 1 aromatic carbocycles. The fourth-order valence-electron chi connectivity index (χ4n) is 4.66. The molecule has 0 amide bonds. The second kappa shape index (κ2) is 7.57. The molecule has 2 aromatic rings. The minimum atomic E-state index is 0.430. The number of pyridine rings is 1. The highest BCUT2D eigenvalue weighted by Crippen LogP contribution is 2.39. The second-order valence-electron chi connectivity index (χ2n) is 7.91. The summed E-state index contributed by atoms with van der Waals surface area (Å²) in [6.07, 6.45) is 5.79. The maximum atomic E-state index is 9.10. The molecule has 2 aliphatic heterocycles. The van der Waals surface area contributed by atoms with E-state index in [0.29, 0.717) is 5.41 Å². The third kappa shape index (κ3) is 3.95. The molecule has 26 heavy (non-hydrogen) atoms. The average Bonchev–Trinajstić information content (AvgIpc) is 3.04. The lowest BCUT2D eigenvalue weighted by atomic mass is 9.79. The van der Waals surface area contributed by atoms with E-state index in [2.05, 4.69) is 39.1 Å². The van der Waals surface area contributed by atoms with Crippen molar-refractivity contribution in [1.82, 2.24) is 14.8 Å². The largest absolute Gasteiger partial charge is 0.298 e. The van der Waals surface area contributed by atoms with Gasteiger partial charge in [-0.2, -0.15) is 5.26 Å². The lowest BCUT2D eigenvalue weighted by molar-refractivity contribution is 0.0857. The van der Waals surface area contributed by atoms with E-state index in [9.17, 15) is 0 Å². The van der Waals surface area contributed by atoms with Gasteiger partial charge in [-0.3, -0.25) is 14.8 Å². The number of hydrogen-bond acceptors (Lipinski definition) is 4. The molecule has 2 fully saturated rings. The molecule has 1 atom stereocenters. The van der Waals surface area contributed by atoms with Gasteiger partial charge in [0.25, 0.3) is 0 Å². The van der Waals surface area contributed by atoms with Gasteiger partial charge in [0.1, 0.15) is 0 Å². The number of rotatable bonds is 4. The molecule has 2 aliphatic rings. The average molecular weight is 346 g/mol. The number of nitriles is 1. The summed E-state index contributed by atoms with van der Waals surface area (Å²) in [6.45, 7) is 6.61. The Morgan fingerprint density at radius 2 is 1.88 bits per heavy atom. The van der Waals surface area contributed by atoms with Crippen LogP contribution in [-0.4, -0.2) is 41.0 Å². The van der Waals surface area contributed by atoms with Crippen molar-refractivity contribution in [1.29, 1.82) is 5.26 Å². The molecule has 4 rings (SSSR count). The highest BCUT2D eigenvalue weighted by Gasteiger charge is 2.41. The molecular weight excluding hydrogens is 320 g/mol. The fourth-order valence-corrected chi connectivity index (χ4v) is 4.66. The highest BCUT2D eigenvalue weighted by molar-refractivity contribution is 5.32. The van der Waals surface area contributed by atoms with E-state index in [1.165, 1.54) is 50.2 Å². The Hall–Kier alpha value is -2.22. The Kier molecular flexibility index (Phi) is 5.01. The molecule has 1 unspecified atom stereocenters. The van der Waals surface area contributed by atoms with Crippen LogP contribution in [0.3, 0.4) is 0 Å². The van der Waals surface area contributed by atoms with E-state index in [1.54, 1.807) is 0 Å². The van der Waals surface area contributed by atoms with Crippen molar-refractivity contribution < 1.29 is 0 Å². The Morgan fingerprint density at radius 1 is 1.00 bits per heavy atom. The van der Waals surface area contributed by atoms with E-state index in [4.69, 9.17) is 5.26 Å². The molecule has 0 bridgehead atoms. The van der Waals surface area contributed by atoms with Crippen LogP contribution in [0.4, 0.5) is 0 Å². The van der Waals surface area contributed by atoms with Gasteiger partial charge in [-0.25, -0.2) is 0 Å². The summed E-state index contributed by atoms with van der Waals surface area (Å²) in [5.41, 5.74) is 3.62. The van der Waals surface area contributed by atoms with Crippen molar-refractivity contribution >= 4 is 0 Å². The van der Waals surface area contributed by atoms with Crippen LogP contribution in [0.5, 0.6) is 0 Å². The third-order valence-corrected chi connectivity index (χ3v) is 5.83. The molecule has 3 heterocycles. The molecule has 0 N–H and O–H groups in total. The van der Waals surface area contributed by atoms with Crippen molar-refractivity contribution in [2.24, 2.45) is 5.41 Å². The number of aromatic nitrogens is 1. The molecule has 1 aromatic heterocycles. The van der Waals surface area contributed by atoms with Crippen molar-refractivity contribution in [2.75, 3.05) is 26.2 Å². The van der Waals surface area contributed by atoms with E-state index in [0.717, 1.165) is 25.2 Å². The zero-order valence-corrected chi connectivity index (χ0v) is 15.3. The van der Waals surface area contributed by atoms with Gasteiger partial charge in [-0.05, 0) is 67.6 Å². The lowest BCUT2D eigenvalue weighted by Crippen LogP contribution is -2.44. The van der Waals surface area contributed by atoms with Gasteiger partial charge in [0.15, 0.2) is 0 Å². The molecule has 1 spiro atoms. The van der Waals surface area contributed by atoms with E-state index in [1.807, 2.05) is 30.5 Å². The normalized spacial score (nSPS) is 24.0. The maximum absolute atomic E-state index is 9.10. The number of nitrogens with zero attached hydrogens (tertiary/aromatic N) is 4. The molecule has 4 nitrogen and oxygen atoms in total. The Bertz CT molecular complexity index is 782. The minimum Gasteiger partial charge on any atom is -0.298 e. The number of benzene rings is 1. The second-order valence-corrected chi connectivity index (χ2v) is 7.91. The van der Waals surface area contributed by atoms with Crippen LogP contribution in [-0.2, 0) is 13.1 Å². The van der Waals surface area contributed by atoms with Gasteiger partial charge in [0.2, 0.25) is 0 Å². The summed E-state index contributed by atoms with van der Waals surface area (Å²) in [5.74, 6) is 0. The summed E-state index contributed by atoms with van der Waals surface area (Å²) >= 11 is 0. The Balaban J connectivity index is 1.37. The predicted molar refractivity (Wildman–Crippen MR) is 102 cm³/mol. The summed E-state index contributed by atoms with van der Waals surface area (Å²) < 4.78 is 0. The van der Waals surface area contributed by atoms with Crippen LogP contribution in [0, 0.1) is 16.7 Å². The molecular formula is C22H26N4. The van der Waals surface area contributed by atoms with Gasteiger partial charge >= 0.3 is 0 Å². The molecule has 0 radical (unpaired) electrons. The van der Waals surface area contributed by atoms with Gasteiger partial charge in [0, 0.05) is 32.4 Å². The van der Waals surface area contributed by atoms with Crippen LogP contribution >= 0.6 is 0 Å². The maximum Gasteiger partial charge on any atom is 0.0991 e. The first-order valence-electron chi connectivity index (χ1n) is 9.58. The lowest BCUT2D eigenvalue weighted by Gasteiger charge is -2.40. The molecule has 134 valence electrons. The van der Waals surface area contributed by atoms with Gasteiger partial charge in [-0.1, -0.05) is 18.2 Å². The van der Waals surface area contributed by atoms with Crippen LogP contribution < -0.4 is 0 Å². The minimum absolute atomic E-state index is 0.430. The zero-order chi connectivity index (χ0) is 17.8. The van der Waals surface area contributed by atoms with Crippen LogP contribution in [0.15, 0.2) is 48.7 Å². The van der Waals surface area contributed by atoms with E-state index in [-0.39, 0.29) is 0 Å². The highest BCUT2D eigenvalue weighted by atomic mass is 15.2. The Morgan fingerprint density at radius 3 is 2.69 bits per heavy atom. The van der Waals surface area contributed by atoms with Crippen LogP contribution in [0.1, 0.15) is 36.1 Å². The third-order valence-electron chi connectivity index (χ3n) is 5.83. The summed E-state index contributed by atoms with van der Waals surface area (Å²) in [5, 5.41) is 9.10. The predicted octanol–water partition coefficient (Wildman–Crippen LogP) is 3.44. The van der Waals surface area contributed by atoms with Crippen LogP contribution in [0.2, 0.25) is 0 Å². The van der Waals surface area contributed by atoms with Crippen LogP contribution in [0.25, 0.3) is 0 Å². The zero-order valence-electron chi connectivity index (χ0n) is 15.3. The van der Waals surface area contributed by atoms with Crippen molar-refractivity contribution in [3.63, 3.8) is 0 Å². The van der Waals surface area contributed by atoms with Gasteiger partial charge in [-0.15, -0.1) is 0 Å².